The van der Waals surface area contributed by atoms with Crippen LogP contribution in [0.3, 0.4) is 0 Å². The molecular weight excluding hydrogens is 156 g/mol. The molecule has 0 heteroatoms. The molecule has 2 atom stereocenters. The molecule has 0 spiro atoms. The fraction of sp³-hybridized carbons (Fsp3) is 1.00. The van der Waals surface area contributed by atoms with Gasteiger partial charge in [-0.15, -0.1) is 0 Å². The number of hydrogen-bond donors (Lipinski definition) is 0. The van der Waals surface area contributed by atoms with Gasteiger partial charge in [0.1, 0.15) is 0 Å². The van der Waals surface area contributed by atoms with Crippen LogP contribution in [0.25, 0.3) is 0 Å². The van der Waals surface area contributed by atoms with E-state index in [4.69, 9.17) is 0 Å². The maximum absolute atomic E-state index is 2.46. The lowest BCUT2D eigenvalue weighted by molar-refractivity contribution is 0.231. The molecule has 0 aromatic heterocycles. The Morgan fingerprint density at radius 2 is 2.08 bits per heavy atom. The Morgan fingerprint density at radius 3 is 2.54 bits per heavy atom. The summed E-state index contributed by atoms with van der Waals surface area (Å²) in [5.41, 5.74) is 0.646. The van der Waals surface area contributed by atoms with Crippen LogP contribution in [0.5, 0.6) is 0 Å². The lowest BCUT2D eigenvalue weighted by atomic mass is 9.78. The summed E-state index contributed by atoms with van der Waals surface area (Å²) in [6.45, 7) is 9.62. The second-order valence-electron chi connectivity index (χ2n) is 5.67. The molecule has 0 bridgehead atoms. The third-order valence-corrected chi connectivity index (χ3v) is 4.18. The van der Waals surface area contributed by atoms with Crippen LogP contribution in [-0.4, -0.2) is 0 Å². The maximum Gasteiger partial charge on any atom is -0.0326 e. The van der Waals surface area contributed by atoms with Crippen molar-refractivity contribution in [3.63, 3.8) is 0 Å². The van der Waals surface area contributed by atoms with E-state index in [1.54, 1.807) is 0 Å². The molecule has 1 aliphatic carbocycles. The largest absolute Gasteiger partial charge is 0.0651 e. The summed E-state index contributed by atoms with van der Waals surface area (Å²) in [5.74, 6) is 1.96. The van der Waals surface area contributed by atoms with Gasteiger partial charge in [0.25, 0.3) is 0 Å². The van der Waals surface area contributed by atoms with Crippen molar-refractivity contribution in [3.8, 4) is 0 Å². The average molecular weight is 182 g/mol. The van der Waals surface area contributed by atoms with Gasteiger partial charge in [-0.05, 0) is 36.5 Å². The van der Waals surface area contributed by atoms with Gasteiger partial charge in [0, 0.05) is 0 Å². The Bertz CT molecular complexity index is 146. The minimum absolute atomic E-state index is 0.646. The topological polar surface area (TPSA) is 0 Å². The van der Waals surface area contributed by atoms with Gasteiger partial charge in [0.15, 0.2) is 0 Å². The third kappa shape index (κ3) is 3.00. The van der Waals surface area contributed by atoms with Crippen molar-refractivity contribution in [1.82, 2.24) is 0 Å². The summed E-state index contributed by atoms with van der Waals surface area (Å²) in [6, 6.07) is 0. The minimum Gasteiger partial charge on any atom is -0.0651 e. The zero-order valence-corrected chi connectivity index (χ0v) is 9.90. The highest BCUT2D eigenvalue weighted by Crippen LogP contribution is 2.45. The van der Waals surface area contributed by atoms with E-state index in [0.29, 0.717) is 5.41 Å². The second-order valence-corrected chi connectivity index (χ2v) is 5.67. The summed E-state index contributed by atoms with van der Waals surface area (Å²) in [5, 5.41) is 0. The molecule has 0 aromatic carbocycles. The Hall–Kier alpha value is 0. The van der Waals surface area contributed by atoms with Crippen LogP contribution < -0.4 is 0 Å². The lowest BCUT2D eigenvalue weighted by Gasteiger charge is -2.27. The molecular formula is C13H26. The first-order chi connectivity index (χ1) is 6.06. The highest BCUT2D eigenvalue weighted by atomic mass is 14.4. The lowest BCUT2D eigenvalue weighted by Crippen LogP contribution is -2.17. The van der Waals surface area contributed by atoms with Crippen LogP contribution in [0.4, 0.5) is 0 Å². The summed E-state index contributed by atoms with van der Waals surface area (Å²) < 4.78 is 0. The molecule has 0 nitrogen and oxygen atoms in total. The minimum atomic E-state index is 0.646. The molecule has 0 radical (unpaired) electrons. The van der Waals surface area contributed by atoms with Crippen molar-refractivity contribution < 1.29 is 0 Å². The predicted molar refractivity (Wildman–Crippen MR) is 59.8 cm³/mol. The molecule has 0 heterocycles. The van der Waals surface area contributed by atoms with E-state index in [1.807, 2.05) is 0 Å². The van der Waals surface area contributed by atoms with Gasteiger partial charge in [0.05, 0.1) is 0 Å². The molecule has 0 aromatic rings. The first kappa shape index (κ1) is 11.1. The van der Waals surface area contributed by atoms with Crippen molar-refractivity contribution in [2.75, 3.05) is 0 Å². The highest BCUT2D eigenvalue weighted by molar-refractivity contribution is 4.84. The van der Waals surface area contributed by atoms with Crippen molar-refractivity contribution in [1.29, 1.82) is 0 Å². The zero-order valence-electron chi connectivity index (χ0n) is 9.90. The van der Waals surface area contributed by atoms with Gasteiger partial charge in [-0.1, -0.05) is 47.0 Å². The monoisotopic (exact) mass is 182 g/mol. The smallest absolute Gasteiger partial charge is 0.0326 e. The van der Waals surface area contributed by atoms with Gasteiger partial charge in [-0.3, -0.25) is 0 Å². The predicted octanol–water partition coefficient (Wildman–Crippen LogP) is 4.64. The molecule has 1 rings (SSSR count). The molecule has 13 heavy (non-hydrogen) atoms. The van der Waals surface area contributed by atoms with E-state index in [9.17, 15) is 0 Å². The van der Waals surface area contributed by atoms with Gasteiger partial charge >= 0.3 is 0 Å². The molecule has 1 aliphatic rings. The molecule has 0 N–H and O–H groups in total. The van der Waals surface area contributed by atoms with Crippen LogP contribution in [0, 0.1) is 17.3 Å². The van der Waals surface area contributed by atoms with E-state index >= 15 is 0 Å². The van der Waals surface area contributed by atoms with Crippen molar-refractivity contribution in [3.05, 3.63) is 0 Å². The fourth-order valence-corrected chi connectivity index (χ4v) is 2.62. The van der Waals surface area contributed by atoms with Gasteiger partial charge < -0.3 is 0 Å². The normalized spacial score (nSPS) is 29.1. The molecule has 78 valence electrons. The van der Waals surface area contributed by atoms with Crippen LogP contribution in [-0.2, 0) is 0 Å². The van der Waals surface area contributed by atoms with Crippen LogP contribution in [0.1, 0.15) is 66.2 Å². The van der Waals surface area contributed by atoms with E-state index < -0.39 is 0 Å². The van der Waals surface area contributed by atoms with E-state index in [-0.39, 0.29) is 0 Å². The zero-order chi connectivity index (χ0) is 9.90. The van der Waals surface area contributed by atoms with Crippen LogP contribution in [0.2, 0.25) is 0 Å². The third-order valence-electron chi connectivity index (χ3n) is 4.18. The summed E-state index contributed by atoms with van der Waals surface area (Å²) in [4.78, 5) is 0. The summed E-state index contributed by atoms with van der Waals surface area (Å²) in [6.07, 6.45) is 8.69. The molecule has 0 aliphatic heterocycles. The van der Waals surface area contributed by atoms with Gasteiger partial charge in [-0.2, -0.15) is 0 Å². The summed E-state index contributed by atoms with van der Waals surface area (Å²) in [7, 11) is 0. The van der Waals surface area contributed by atoms with Crippen LogP contribution in [0.15, 0.2) is 0 Å². The standard InChI is InChI=1S/C13H26/c1-5-11(2)8-9-12-7-6-10-13(12,3)4/h11-12H,5-10H2,1-4H3. The Kier molecular flexibility index (Phi) is 3.82. The highest BCUT2D eigenvalue weighted by Gasteiger charge is 2.33. The number of hydrogen-bond acceptors (Lipinski definition) is 0. The first-order valence-corrected chi connectivity index (χ1v) is 6.06. The van der Waals surface area contributed by atoms with Gasteiger partial charge in [0.2, 0.25) is 0 Å². The molecule has 1 fully saturated rings. The van der Waals surface area contributed by atoms with E-state index in [0.717, 1.165) is 11.8 Å². The SMILES string of the molecule is CCC(C)CCC1CCCC1(C)C. The van der Waals surface area contributed by atoms with Crippen LogP contribution >= 0.6 is 0 Å². The van der Waals surface area contributed by atoms with Gasteiger partial charge in [-0.25, -0.2) is 0 Å². The second kappa shape index (κ2) is 4.48. The first-order valence-electron chi connectivity index (χ1n) is 6.06. The maximum atomic E-state index is 2.46. The van der Waals surface area contributed by atoms with Crippen molar-refractivity contribution in [2.24, 2.45) is 17.3 Å². The Balaban J connectivity index is 2.28. The molecule has 0 amide bonds. The van der Waals surface area contributed by atoms with Crippen molar-refractivity contribution >= 4 is 0 Å². The van der Waals surface area contributed by atoms with E-state index in [1.165, 1.54) is 38.5 Å². The van der Waals surface area contributed by atoms with Crippen molar-refractivity contribution in [2.45, 2.75) is 66.2 Å². The molecule has 2 unspecified atom stereocenters. The molecule has 1 saturated carbocycles. The Labute approximate surface area is 84.1 Å². The quantitative estimate of drug-likeness (QED) is 0.594. The summed E-state index contributed by atoms with van der Waals surface area (Å²) >= 11 is 0. The Morgan fingerprint density at radius 1 is 1.38 bits per heavy atom. The number of rotatable bonds is 4. The molecule has 0 saturated heterocycles. The average Bonchev–Trinajstić information content (AvgIpc) is 2.41. The fourth-order valence-electron chi connectivity index (χ4n) is 2.62. The van der Waals surface area contributed by atoms with E-state index in [2.05, 4.69) is 27.7 Å².